The van der Waals surface area contributed by atoms with Gasteiger partial charge in [0, 0.05) is 6.54 Å². The molecule has 0 saturated carbocycles. The lowest BCUT2D eigenvalue weighted by Crippen LogP contribution is -2.29. The van der Waals surface area contributed by atoms with Crippen LogP contribution in [0.15, 0.2) is 58.3 Å². The number of benzene rings is 1. The predicted octanol–water partition coefficient (Wildman–Crippen LogP) is 3.92. The Bertz CT molecular complexity index is 1040. The van der Waals surface area contributed by atoms with Crippen molar-refractivity contribution in [2.75, 3.05) is 5.75 Å². The molecule has 0 aliphatic carbocycles. The van der Waals surface area contributed by atoms with Crippen LogP contribution in [-0.4, -0.2) is 21.2 Å². The van der Waals surface area contributed by atoms with Crippen LogP contribution in [-0.2, 0) is 11.3 Å². The van der Waals surface area contributed by atoms with Gasteiger partial charge in [-0.3, -0.25) is 14.2 Å². The van der Waals surface area contributed by atoms with E-state index >= 15 is 0 Å². The fourth-order valence-corrected chi connectivity index (χ4v) is 4.49. The lowest BCUT2D eigenvalue weighted by atomic mass is 10.0. The number of hydrogen-bond acceptors (Lipinski definition) is 5. The molecule has 5 nitrogen and oxygen atoms in total. The van der Waals surface area contributed by atoms with Crippen LogP contribution in [0.5, 0.6) is 0 Å². The van der Waals surface area contributed by atoms with E-state index in [-0.39, 0.29) is 23.3 Å². The first-order chi connectivity index (χ1) is 13.0. The van der Waals surface area contributed by atoms with E-state index in [1.54, 1.807) is 10.6 Å². The molecule has 0 aliphatic rings. The molecule has 7 heteroatoms. The molecule has 1 atom stereocenters. The first-order valence-electron chi connectivity index (χ1n) is 8.58. The van der Waals surface area contributed by atoms with Crippen LogP contribution in [0.1, 0.15) is 24.1 Å². The number of carbonyl (C=O) groups excluding carboxylic acids is 1. The fourth-order valence-electron chi connectivity index (χ4n) is 2.89. The van der Waals surface area contributed by atoms with E-state index in [1.807, 2.05) is 49.6 Å². The van der Waals surface area contributed by atoms with E-state index in [0.29, 0.717) is 21.9 Å². The van der Waals surface area contributed by atoms with E-state index in [0.717, 1.165) is 11.1 Å². The minimum atomic E-state index is -0.0967. The number of fused-ring (bicyclic) bond motifs is 1. The highest BCUT2D eigenvalue weighted by Gasteiger charge is 2.15. The van der Waals surface area contributed by atoms with Crippen LogP contribution in [0.25, 0.3) is 10.2 Å². The molecule has 1 amide bonds. The highest BCUT2D eigenvalue weighted by Crippen LogP contribution is 2.22. The summed E-state index contributed by atoms with van der Waals surface area (Å²) in [6.45, 7) is 8.07. The maximum atomic E-state index is 12.6. The van der Waals surface area contributed by atoms with E-state index in [4.69, 9.17) is 0 Å². The fraction of sp³-hybridized carbons (Fsp3) is 0.250. The van der Waals surface area contributed by atoms with Gasteiger partial charge in [-0.25, -0.2) is 4.98 Å². The second-order valence-electron chi connectivity index (χ2n) is 6.17. The SMILES string of the molecule is C=CCn1c(SCC(=O)NC(C)c2ccccc2C)nc2ccsc2c1=O. The van der Waals surface area contributed by atoms with Gasteiger partial charge in [0.2, 0.25) is 5.91 Å². The zero-order valence-corrected chi connectivity index (χ0v) is 16.9. The van der Waals surface area contributed by atoms with Crippen molar-refractivity contribution >= 4 is 39.2 Å². The molecular weight excluding hydrogens is 378 g/mol. The number of nitrogens with one attached hydrogen (secondary N) is 1. The van der Waals surface area contributed by atoms with E-state index in [9.17, 15) is 9.59 Å². The Kier molecular flexibility index (Phi) is 6.13. The number of aromatic nitrogens is 2. The van der Waals surface area contributed by atoms with Gasteiger partial charge in [0.1, 0.15) is 4.70 Å². The largest absolute Gasteiger partial charge is 0.349 e. The van der Waals surface area contributed by atoms with Crippen LogP contribution in [0.3, 0.4) is 0 Å². The zero-order valence-electron chi connectivity index (χ0n) is 15.3. The van der Waals surface area contributed by atoms with E-state index in [2.05, 4.69) is 16.9 Å². The Hall–Kier alpha value is -2.38. The molecule has 1 N–H and O–H groups in total. The number of rotatable bonds is 7. The number of hydrogen-bond donors (Lipinski definition) is 1. The molecule has 0 aliphatic heterocycles. The number of aryl methyl sites for hydroxylation is 1. The first kappa shape index (κ1) is 19.4. The summed E-state index contributed by atoms with van der Waals surface area (Å²) >= 11 is 2.64. The Morgan fingerprint density at radius 2 is 2.19 bits per heavy atom. The molecule has 3 rings (SSSR count). The van der Waals surface area contributed by atoms with Gasteiger partial charge in [-0.05, 0) is 36.4 Å². The summed E-state index contributed by atoms with van der Waals surface area (Å²) in [6.07, 6.45) is 1.66. The monoisotopic (exact) mass is 399 g/mol. The van der Waals surface area contributed by atoms with Gasteiger partial charge in [0.25, 0.3) is 5.56 Å². The van der Waals surface area contributed by atoms with Gasteiger partial charge in [0.05, 0.1) is 17.3 Å². The van der Waals surface area contributed by atoms with Gasteiger partial charge in [-0.2, -0.15) is 0 Å². The van der Waals surface area contributed by atoms with Crippen molar-refractivity contribution in [3.05, 3.63) is 69.8 Å². The molecule has 27 heavy (non-hydrogen) atoms. The Balaban J connectivity index is 1.73. The lowest BCUT2D eigenvalue weighted by Gasteiger charge is -2.16. The Morgan fingerprint density at radius 3 is 2.93 bits per heavy atom. The molecule has 1 aromatic carbocycles. The first-order valence-corrected chi connectivity index (χ1v) is 10.4. The van der Waals surface area contributed by atoms with Crippen molar-refractivity contribution in [3.8, 4) is 0 Å². The summed E-state index contributed by atoms with van der Waals surface area (Å²) < 4.78 is 2.19. The van der Waals surface area contributed by atoms with Crippen molar-refractivity contribution in [2.45, 2.75) is 31.6 Å². The van der Waals surface area contributed by atoms with Crippen molar-refractivity contribution in [1.82, 2.24) is 14.9 Å². The third-order valence-electron chi connectivity index (χ3n) is 4.21. The highest BCUT2D eigenvalue weighted by molar-refractivity contribution is 7.99. The molecule has 0 fully saturated rings. The van der Waals surface area contributed by atoms with Crippen molar-refractivity contribution < 1.29 is 4.79 Å². The average molecular weight is 400 g/mol. The second kappa shape index (κ2) is 8.54. The maximum absolute atomic E-state index is 12.6. The van der Waals surface area contributed by atoms with Gasteiger partial charge in [0.15, 0.2) is 5.16 Å². The topological polar surface area (TPSA) is 64.0 Å². The number of thioether (sulfide) groups is 1. The normalized spacial score (nSPS) is 12.1. The third kappa shape index (κ3) is 4.31. The van der Waals surface area contributed by atoms with E-state index in [1.165, 1.54) is 23.1 Å². The molecule has 0 spiro atoms. The minimum absolute atomic E-state index is 0.0815. The summed E-state index contributed by atoms with van der Waals surface area (Å²) in [6, 6.07) is 9.73. The van der Waals surface area contributed by atoms with Crippen LogP contribution in [0.2, 0.25) is 0 Å². The summed E-state index contributed by atoms with van der Waals surface area (Å²) in [5, 5.41) is 5.39. The Labute approximate surface area is 166 Å². The predicted molar refractivity (Wildman–Crippen MR) is 113 cm³/mol. The summed E-state index contributed by atoms with van der Waals surface area (Å²) in [7, 11) is 0. The summed E-state index contributed by atoms with van der Waals surface area (Å²) in [4.78, 5) is 29.6. The average Bonchev–Trinajstić information content (AvgIpc) is 3.11. The van der Waals surface area contributed by atoms with Gasteiger partial charge in [-0.15, -0.1) is 17.9 Å². The smallest absolute Gasteiger partial charge is 0.272 e. The Morgan fingerprint density at radius 1 is 1.41 bits per heavy atom. The summed E-state index contributed by atoms with van der Waals surface area (Å²) in [5.41, 5.74) is 2.81. The minimum Gasteiger partial charge on any atom is -0.349 e. The van der Waals surface area contributed by atoms with E-state index < -0.39 is 0 Å². The molecule has 0 bridgehead atoms. The van der Waals surface area contributed by atoms with Crippen molar-refractivity contribution in [2.24, 2.45) is 0 Å². The molecular formula is C20H21N3O2S2. The number of thiophene rings is 1. The zero-order chi connectivity index (χ0) is 19.4. The molecule has 2 heterocycles. The van der Waals surface area contributed by atoms with Crippen LogP contribution < -0.4 is 10.9 Å². The van der Waals surface area contributed by atoms with Gasteiger partial charge >= 0.3 is 0 Å². The molecule has 1 unspecified atom stereocenters. The molecule has 0 radical (unpaired) electrons. The number of allylic oxidation sites excluding steroid dienone is 1. The standard InChI is InChI=1S/C20H21N3O2S2/c1-4-10-23-19(25)18-16(9-11-26-18)22-20(23)27-12-17(24)21-14(3)15-8-6-5-7-13(15)2/h4-9,11,14H,1,10,12H2,2-3H3,(H,21,24). The van der Waals surface area contributed by atoms with Gasteiger partial charge < -0.3 is 5.32 Å². The number of carbonyl (C=O) groups is 1. The van der Waals surface area contributed by atoms with Crippen LogP contribution in [0.4, 0.5) is 0 Å². The molecule has 3 aromatic rings. The third-order valence-corrected chi connectivity index (χ3v) is 6.08. The maximum Gasteiger partial charge on any atom is 0.272 e. The molecule has 140 valence electrons. The molecule has 2 aromatic heterocycles. The van der Waals surface area contributed by atoms with Gasteiger partial charge in [-0.1, -0.05) is 42.1 Å². The number of nitrogens with zero attached hydrogens (tertiary/aromatic N) is 2. The van der Waals surface area contributed by atoms with Crippen molar-refractivity contribution in [1.29, 1.82) is 0 Å². The van der Waals surface area contributed by atoms with Crippen LogP contribution >= 0.6 is 23.1 Å². The lowest BCUT2D eigenvalue weighted by molar-refractivity contribution is -0.119. The molecule has 0 saturated heterocycles. The van der Waals surface area contributed by atoms with Crippen LogP contribution in [0, 0.1) is 6.92 Å². The second-order valence-corrected chi connectivity index (χ2v) is 8.03. The van der Waals surface area contributed by atoms with Crippen molar-refractivity contribution in [3.63, 3.8) is 0 Å². The highest BCUT2D eigenvalue weighted by atomic mass is 32.2. The summed E-state index contributed by atoms with van der Waals surface area (Å²) in [5.74, 6) is 0.0932. The quantitative estimate of drug-likeness (QED) is 0.372. The number of amides is 1.